The summed E-state index contributed by atoms with van der Waals surface area (Å²) in [7, 11) is 3.59. The van der Waals surface area contributed by atoms with Crippen molar-refractivity contribution in [3.8, 4) is 16.9 Å². The van der Waals surface area contributed by atoms with Gasteiger partial charge in [-0.15, -0.1) is 11.3 Å². The van der Waals surface area contributed by atoms with Crippen molar-refractivity contribution in [2.24, 2.45) is 0 Å². The van der Waals surface area contributed by atoms with Gasteiger partial charge in [-0.05, 0) is 80.3 Å². The summed E-state index contributed by atoms with van der Waals surface area (Å²) in [6, 6.07) is 12.5. The molecule has 2 N–H and O–H groups in total. The molecule has 200 valence electrons. The largest absolute Gasteiger partial charge is 0.496 e. The molecule has 0 aliphatic heterocycles. The van der Waals surface area contributed by atoms with Gasteiger partial charge in [0.25, 0.3) is 0 Å². The number of methoxy groups -OCH3 is 1. The molecular formula is C29H30ClF2N3O2S. The summed E-state index contributed by atoms with van der Waals surface area (Å²) >= 11 is 7.60. The summed E-state index contributed by atoms with van der Waals surface area (Å²) in [4.78, 5) is 6.44. The van der Waals surface area contributed by atoms with Gasteiger partial charge >= 0.3 is 0 Å². The van der Waals surface area contributed by atoms with E-state index < -0.39 is 17.9 Å². The summed E-state index contributed by atoms with van der Waals surface area (Å²) in [5.74, 6) is -0.461. The lowest BCUT2D eigenvalue weighted by Crippen LogP contribution is -2.43. The Balaban J connectivity index is 1.55. The van der Waals surface area contributed by atoms with Crippen LogP contribution in [-0.2, 0) is 6.54 Å². The minimum absolute atomic E-state index is 0.0156. The number of fused-ring (bicyclic) bond motifs is 1. The highest BCUT2D eigenvalue weighted by molar-refractivity contribution is 7.19. The van der Waals surface area contributed by atoms with Gasteiger partial charge in [0.05, 0.1) is 27.1 Å². The van der Waals surface area contributed by atoms with Crippen molar-refractivity contribution in [2.45, 2.75) is 50.5 Å². The number of hydrogen-bond acceptors (Lipinski definition) is 6. The van der Waals surface area contributed by atoms with Gasteiger partial charge in [0.2, 0.25) is 0 Å². The van der Waals surface area contributed by atoms with Crippen LogP contribution in [0.1, 0.15) is 42.4 Å². The Morgan fingerprint density at radius 2 is 1.79 bits per heavy atom. The van der Waals surface area contributed by atoms with E-state index in [2.05, 4.69) is 16.4 Å². The van der Waals surface area contributed by atoms with E-state index in [-0.39, 0.29) is 21.2 Å². The first-order chi connectivity index (χ1) is 18.4. The van der Waals surface area contributed by atoms with Gasteiger partial charge in [0, 0.05) is 36.6 Å². The predicted molar refractivity (Wildman–Crippen MR) is 149 cm³/mol. The van der Waals surface area contributed by atoms with Crippen LogP contribution in [0.3, 0.4) is 0 Å². The number of thiophene rings is 1. The fraction of sp³-hybridized carbons (Fsp3) is 0.345. The van der Waals surface area contributed by atoms with Gasteiger partial charge in [0.1, 0.15) is 23.6 Å². The van der Waals surface area contributed by atoms with Gasteiger partial charge in [0.15, 0.2) is 0 Å². The van der Waals surface area contributed by atoms with Gasteiger partial charge in [-0.2, -0.15) is 0 Å². The maximum absolute atomic E-state index is 14.6. The number of rotatable bonds is 8. The van der Waals surface area contributed by atoms with Gasteiger partial charge in [-0.3, -0.25) is 9.88 Å². The van der Waals surface area contributed by atoms with Crippen LogP contribution in [0.2, 0.25) is 5.02 Å². The molecule has 1 saturated carbocycles. The molecule has 1 atom stereocenters. The van der Waals surface area contributed by atoms with Crippen LogP contribution in [0.15, 0.2) is 54.9 Å². The minimum atomic E-state index is -1.15. The fourth-order valence-corrected chi connectivity index (χ4v) is 6.94. The zero-order valence-corrected chi connectivity index (χ0v) is 22.8. The molecule has 4 aromatic rings. The number of aliphatic hydroxyl groups is 1. The quantitative estimate of drug-likeness (QED) is 0.230. The molecule has 1 unspecified atom stereocenters. The molecule has 0 bridgehead atoms. The first-order valence-electron chi connectivity index (χ1n) is 12.7. The molecule has 0 amide bonds. The number of halogens is 3. The summed E-state index contributed by atoms with van der Waals surface area (Å²) in [5.41, 5.74) is 2.91. The van der Waals surface area contributed by atoms with E-state index in [4.69, 9.17) is 16.3 Å². The van der Waals surface area contributed by atoms with Crippen LogP contribution in [0.5, 0.6) is 5.75 Å². The zero-order valence-electron chi connectivity index (χ0n) is 21.3. The van der Waals surface area contributed by atoms with Crippen LogP contribution in [-0.4, -0.2) is 41.2 Å². The first kappa shape index (κ1) is 27.0. The molecule has 2 aromatic heterocycles. The van der Waals surface area contributed by atoms with Crippen LogP contribution in [0, 0.1) is 11.6 Å². The fourth-order valence-electron chi connectivity index (χ4n) is 5.37. The normalized spacial score (nSPS) is 18.7. The molecule has 0 radical (unpaired) electrons. The second-order valence-electron chi connectivity index (χ2n) is 9.62. The molecule has 38 heavy (non-hydrogen) atoms. The van der Waals surface area contributed by atoms with Crippen LogP contribution < -0.4 is 10.1 Å². The molecule has 2 heterocycles. The number of aromatic nitrogens is 1. The number of pyridine rings is 1. The molecule has 1 aliphatic rings. The molecule has 1 aliphatic carbocycles. The van der Waals surface area contributed by atoms with Crippen molar-refractivity contribution in [1.82, 2.24) is 15.2 Å². The minimum Gasteiger partial charge on any atom is -0.496 e. The number of nitrogens with one attached hydrogen (secondary N) is 1. The predicted octanol–water partition coefficient (Wildman–Crippen LogP) is 6.93. The maximum Gasteiger partial charge on any atom is 0.144 e. The monoisotopic (exact) mass is 557 g/mol. The number of hydrogen-bond donors (Lipinski definition) is 2. The number of ether oxygens (including phenoxy) is 1. The molecular weight excluding hydrogens is 528 g/mol. The summed E-state index contributed by atoms with van der Waals surface area (Å²) in [5, 5.41) is 15.2. The second-order valence-corrected chi connectivity index (χ2v) is 11.0. The third-order valence-electron chi connectivity index (χ3n) is 7.48. The summed E-state index contributed by atoms with van der Waals surface area (Å²) in [6.07, 6.45) is 5.99. The van der Waals surface area contributed by atoms with Crippen LogP contribution in [0.4, 0.5) is 8.78 Å². The third kappa shape index (κ3) is 5.28. The van der Waals surface area contributed by atoms with E-state index in [9.17, 15) is 13.9 Å². The molecule has 5 nitrogen and oxygen atoms in total. The average Bonchev–Trinajstić information content (AvgIpc) is 3.32. The molecule has 5 rings (SSSR count). The standard InChI is InChI=1S/C29H30ClF2N3O2S/c1-33-20-4-6-21(7-5-20)35(29(36)28-26(30)25-22(31)8-9-23(32)27(25)38-28)16-19-15-18(3-10-24(19)37-2)17-11-13-34-14-12-17/h3,8-15,20-21,29,33,36H,4-7,16H2,1-2H3. The number of benzene rings is 2. The van der Waals surface area contributed by atoms with Crippen molar-refractivity contribution in [2.75, 3.05) is 14.2 Å². The topological polar surface area (TPSA) is 57.6 Å². The van der Waals surface area contributed by atoms with Gasteiger partial charge in [-0.25, -0.2) is 8.78 Å². The third-order valence-corrected chi connectivity index (χ3v) is 9.22. The maximum atomic E-state index is 14.6. The van der Waals surface area contributed by atoms with Gasteiger partial charge in [-0.1, -0.05) is 17.7 Å². The lowest BCUT2D eigenvalue weighted by molar-refractivity contribution is -0.0431. The lowest BCUT2D eigenvalue weighted by Gasteiger charge is -2.39. The van der Waals surface area contributed by atoms with E-state index in [1.807, 2.05) is 36.2 Å². The van der Waals surface area contributed by atoms with Crippen molar-refractivity contribution >= 4 is 33.0 Å². The Kier molecular flexibility index (Phi) is 8.26. The molecule has 0 saturated heterocycles. The van der Waals surface area contributed by atoms with Crippen molar-refractivity contribution in [1.29, 1.82) is 0 Å². The van der Waals surface area contributed by atoms with Crippen molar-refractivity contribution in [3.05, 3.63) is 82.0 Å². The molecule has 9 heteroatoms. The van der Waals surface area contributed by atoms with E-state index in [1.165, 1.54) is 0 Å². The molecule has 0 spiro atoms. The van der Waals surface area contributed by atoms with Crippen LogP contribution in [0.25, 0.3) is 21.2 Å². The van der Waals surface area contributed by atoms with E-state index in [0.29, 0.717) is 23.2 Å². The Labute approximate surface area is 230 Å². The first-order valence-corrected chi connectivity index (χ1v) is 13.8. The smallest absolute Gasteiger partial charge is 0.144 e. The summed E-state index contributed by atoms with van der Waals surface area (Å²) in [6.45, 7) is 0.369. The van der Waals surface area contributed by atoms with Crippen molar-refractivity contribution < 1.29 is 18.6 Å². The highest BCUT2D eigenvalue weighted by Gasteiger charge is 2.33. The number of aliphatic hydroxyl groups excluding tert-OH is 1. The highest BCUT2D eigenvalue weighted by Crippen LogP contribution is 2.44. The average molecular weight is 558 g/mol. The SMILES string of the molecule is CNC1CCC(N(Cc2cc(-c3ccncc3)ccc2OC)C(O)c2sc3c(F)ccc(F)c3c2Cl)CC1. The Morgan fingerprint density at radius 1 is 1.08 bits per heavy atom. The van der Waals surface area contributed by atoms with Gasteiger partial charge < -0.3 is 15.2 Å². The van der Waals surface area contributed by atoms with E-state index >= 15 is 0 Å². The highest BCUT2D eigenvalue weighted by atomic mass is 35.5. The Bertz CT molecular complexity index is 1410. The zero-order chi connectivity index (χ0) is 26.8. The molecule has 1 fully saturated rings. The lowest BCUT2D eigenvalue weighted by atomic mass is 9.89. The Hall–Kier alpha value is -2.62. The van der Waals surface area contributed by atoms with Crippen molar-refractivity contribution in [3.63, 3.8) is 0 Å². The molecule has 2 aromatic carbocycles. The van der Waals surface area contributed by atoms with E-state index in [0.717, 1.165) is 65.8 Å². The number of nitrogens with zero attached hydrogens (tertiary/aromatic N) is 2. The Morgan fingerprint density at radius 3 is 2.45 bits per heavy atom. The van der Waals surface area contributed by atoms with E-state index in [1.54, 1.807) is 19.5 Å². The summed E-state index contributed by atoms with van der Waals surface area (Å²) < 4.78 is 35.0. The second kappa shape index (κ2) is 11.6. The van der Waals surface area contributed by atoms with Crippen LogP contribution >= 0.6 is 22.9 Å².